The number of aliphatic hydroxyl groups is 1. The highest BCUT2D eigenvalue weighted by Gasteiger charge is 2.41. The maximum absolute atomic E-state index is 12.9. The summed E-state index contributed by atoms with van der Waals surface area (Å²) in [5, 5.41) is 11.4. The molecule has 1 N–H and O–H groups in total. The minimum absolute atomic E-state index is 0.0803. The molecule has 2 aliphatic carbocycles. The fourth-order valence-corrected chi connectivity index (χ4v) is 4.29. The minimum Gasteiger partial charge on any atom is -0.511 e. The van der Waals surface area contributed by atoms with E-state index < -0.39 is 0 Å². The van der Waals surface area contributed by atoms with Gasteiger partial charge in [0.2, 0.25) is 0 Å². The minimum atomic E-state index is 0.0803. The zero-order chi connectivity index (χ0) is 17.7. The first-order valence-corrected chi connectivity index (χ1v) is 9.18. The van der Waals surface area contributed by atoms with Crippen LogP contribution in [0.2, 0.25) is 5.02 Å². The topological polar surface area (TPSA) is 37.3 Å². The third kappa shape index (κ3) is 2.69. The van der Waals surface area contributed by atoms with Crippen LogP contribution in [-0.2, 0) is 4.79 Å². The number of fused-ring (bicyclic) bond motifs is 2. The van der Waals surface area contributed by atoms with E-state index in [0.717, 1.165) is 52.1 Å². The molecular formula is C22H21ClO2. The van der Waals surface area contributed by atoms with Gasteiger partial charge in [-0.25, -0.2) is 0 Å². The molecule has 0 unspecified atom stereocenters. The highest BCUT2D eigenvalue weighted by atomic mass is 35.5. The van der Waals surface area contributed by atoms with E-state index in [0.29, 0.717) is 11.3 Å². The number of ketones is 1. The Kier molecular flexibility index (Phi) is 3.96. The van der Waals surface area contributed by atoms with Crippen molar-refractivity contribution in [3.8, 4) is 11.1 Å². The van der Waals surface area contributed by atoms with E-state index in [1.807, 2.05) is 38.1 Å². The molecule has 25 heavy (non-hydrogen) atoms. The van der Waals surface area contributed by atoms with Crippen LogP contribution in [0, 0.1) is 25.7 Å². The van der Waals surface area contributed by atoms with Crippen LogP contribution in [-0.4, -0.2) is 10.9 Å². The summed E-state index contributed by atoms with van der Waals surface area (Å²) in [6, 6.07) is 12.1. The Hall–Kier alpha value is -2.06. The molecule has 128 valence electrons. The summed E-state index contributed by atoms with van der Waals surface area (Å²) >= 11 is 6.14. The molecule has 0 spiro atoms. The zero-order valence-electron chi connectivity index (χ0n) is 14.5. The van der Waals surface area contributed by atoms with Crippen molar-refractivity contribution in [2.45, 2.75) is 33.1 Å². The predicted molar refractivity (Wildman–Crippen MR) is 102 cm³/mol. The van der Waals surface area contributed by atoms with E-state index in [1.54, 1.807) is 0 Å². The van der Waals surface area contributed by atoms with Gasteiger partial charge in [-0.1, -0.05) is 29.8 Å². The molecule has 1 fully saturated rings. The number of benzene rings is 2. The standard InChI is InChI=1S/C22H21ClO2/c1-12-3-4-15(14-7-8-19(23)13(2)9-14)11-18(12)20-21(24)16-5-6-17(10-16)22(20)25/h3-4,7-9,11,16-17,24H,5-6,10H2,1-2H3/t16-,17+/m0/s1. The van der Waals surface area contributed by atoms with Crippen LogP contribution < -0.4 is 0 Å². The van der Waals surface area contributed by atoms with Gasteiger partial charge in [0.05, 0.1) is 5.57 Å². The van der Waals surface area contributed by atoms with Gasteiger partial charge in [-0.15, -0.1) is 0 Å². The SMILES string of the molecule is Cc1cc(-c2ccc(C)c(C3=C(O)[C@H]4CC[C@H](C4)C3=O)c2)ccc1Cl. The molecular weight excluding hydrogens is 332 g/mol. The fraction of sp³-hybridized carbons (Fsp3) is 0.318. The van der Waals surface area contributed by atoms with Crippen LogP contribution in [0.1, 0.15) is 36.0 Å². The van der Waals surface area contributed by atoms with Crippen molar-refractivity contribution in [2.24, 2.45) is 11.8 Å². The lowest BCUT2D eigenvalue weighted by molar-refractivity contribution is -0.117. The second-order valence-electron chi connectivity index (χ2n) is 7.33. The Labute approximate surface area is 153 Å². The van der Waals surface area contributed by atoms with Gasteiger partial charge in [0.25, 0.3) is 0 Å². The second kappa shape index (κ2) is 6.03. The smallest absolute Gasteiger partial charge is 0.169 e. The predicted octanol–water partition coefficient (Wildman–Crippen LogP) is 5.89. The molecule has 3 heteroatoms. The van der Waals surface area contributed by atoms with Crippen LogP contribution in [0.25, 0.3) is 16.7 Å². The number of carbonyl (C=O) groups excluding carboxylic acids is 1. The summed E-state index contributed by atoms with van der Waals surface area (Å²) in [5.74, 6) is 0.639. The van der Waals surface area contributed by atoms with E-state index in [9.17, 15) is 9.90 Å². The third-order valence-electron chi connectivity index (χ3n) is 5.69. The Morgan fingerprint density at radius 2 is 1.64 bits per heavy atom. The summed E-state index contributed by atoms with van der Waals surface area (Å²) in [7, 11) is 0. The average Bonchev–Trinajstić information content (AvgIpc) is 3.05. The van der Waals surface area contributed by atoms with Crippen molar-refractivity contribution in [3.05, 3.63) is 63.9 Å². The summed E-state index contributed by atoms with van der Waals surface area (Å²) in [4.78, 5) is 12.9. The normalized spacial score (nSPS) is 22.6. The van der Waals surface area contributed by atoms with E-state index in [-0.39, 0.29) is 17.6 Å². The van der Waals surface area contributed by atoms with Crippen LogP contribution in [0.5, 0.6) is 0 Å². The lowest BCUT2D eigenvalue weighted by Gasteiger charge is -2.23. The van der Waals surface area contributed by atoms with Crippen molar-refractivity contribution >= 4 is 23.0 Å². The largest absolute Gasteiger partial charge is 0.511 e. The molecule has 0 aliphatic heterocycles. The zero-order valence-corrected chi connectivity index (χ0v) is 15.2. The molecule has 0 radical (unpaired) electrons. The summed E-state index contributed by atoms with van der Waals surface area (Å²) < 4.78 is 0. The number of hydrogen-bond acceptors (Lipinski definition) is 2. The van der Waals surface area contributed by atoms with Crippen LogP contribution >= 0.6 is 11.6 Å². The summed E-state index contributed by atoms with van der Waals surface area (Å²) in [6.45, 7) is 3.98. The first kappa shape index (κ1) is 16.4. The lowest BCUT2D eigenvalue weighted by atomic mass is 9.81. The van der Waals surface area contributed by atoms with Crippen molar-refractivity contribution in [2.75, 3.05) is 0 Å². The summed E-state index contributed by atoms with van der Waals surface area (Å²) in [6.07, 6.45) is 2.62. The highest BCUT2D eigenvalue weighted by Crippen LogP contribution is 2.46. The molecule has 2 aromatic rings. The molecule has 0 saturated heterocycles. The molecule has 0 aromatic heterocycles. The first-order valence-electron chi connectivity index (χ1n) is 8.80. The number of Topliss-reactive ketones (excluding diaryl/α,β-unsaturated/α-hetero) is 1. The van der Waals surface area contributed by atoms with Gasteiger partial charge in [-0.3, -0.25) is 4.79 Å². The van der Waals surface area contributed by atoms with Gasteiger partial charge in [-0.2, -0.15) is 0 Å². The Balaban J connectivity index is 1.84. The highest BCUT2D eigenvalue weighted by molar-refractivity contribution is 6.31. The van der Waals surface area contributed by atoms with Gasteiger partial charge in [0, 0.05) is 16.9 Å². The molecule has 0 amide bonds. The van der Waals surface area contributed by atoms with Crippen molar-refractivity contribution in [3.63, 3.8) is 0 Å². The molecule has 2 nitrogen and oxygen atoms in total. The van der Waals surface area contributed by atoms with Gasteiger partial charge in [0.1, 0.15) is 5.76 Å². The number of rotatable bonds is 2. The maximum atomic E-state index is 12.9. The first-order chi connectivity index (χ1) is 12.0. The number of aryl methyl sites for hydroxylation is 2. The quantitative estimate of drug-likeness (QED) is 0.731. The molecule has 4 rings (SSSR count). The molecule has 1 saturated carbocycles. The average molecular weight is 353 g/mol. The van der Waals surface area contributed by atoms with Gasteiger partial charge < -0.3 is 5.11 Å². The molecule has 2 atom stereocenters. The fourth-order valence-electron chi connectivity index (χ4n) is 4.17. The number of aliphatic hydroxyl groups excluding tert-OH is 1. The monoisotopic (exact) mass is 352 g/mol. The molecule has 0 heterocycles. The molecule has 2 aromatic carbocycles. The van der Waals surface area contributed by atoms with Gasteiger partial charge >= 0.3 is 0 Å². The van der Waals surface area contributed by atoms with Crippen LogP contribution in [0.4, 0.5) is 0 Å². The van der Waals surface area contributed by atoms with E-state index >= 15 is 0 Å². The van der Waals surface area contributed by atoms with Crippen LogP contribution in [0.15, 0.2) is 42.2 Å². The van der Waals surface area contributed by atoms with E-state index in [2.05, 4.69) is 12.1 Å². The Morgan fingerprint density at radius 1 is 0.960 bits per heavy atom. The van der Waals surface area contributed by atoms with E-state index in [1.165, 1.54) is 0 Å². The van der Waals surface area contributed by atoms with E-state index in [4.69, 9.17) is 11.6 Å². The maximum Gasteiger partial charge on any atom is 0.169 e. The Bertz CT molecular complexity index is 910. The van der Waals surface area contributed by atoms with Gasteiger partial charge in [0.15, 0.2) is 5.78 Å². The lowest BCUT2D eigenvalue weighted by Crippen LogP contribution is -2.21. The van der Waals surface area contributed by atoms with Crippen LogP contribution in [0.3, 0.4) is 0 Å². The number of halogens is 1. The van der Waals surface area contributed by atoms with Gasteiger partial charge in [-0.05, 0) is 79.1 Å². The summed E-state index contributed by atoms with van der Waals surface area (Å²) in [5.41, 5.74) is 5.55. The van der Waals surface area contributed by atoms with Crippen molar-refractivity contribution in [1.29, 1.82) is 0 Å². The Morgan fingerprint density at radius 3 is 2.40 bits per heavy atom. The number of carbonyl (C=O) groups is 1. The molecule has 2 aliphatic rings. The van der Waals surface area contributed by atoms with Crippen molar-refractivity contribution < 1.29 is 9.90 Å². The number of hydrogen-bond donors (Lipinski definition) is 1. The second-order valence-corrected chi connectivity index (χ2v) is 7.73. The number of allylic oxidation sites excluding steroid dienone is 2. The van der Waals surface area contributed by atoms with Crippen molar-refractivity contribution in [1.82, 2.24) is 0 Å². The molecule has 2 bridgehead atoms. The third-order valence-corrected chi connectivity index (χ3v) is 6.11.